The van der Waals surface area contributed by atoms with Gasteiger partial charge in [0.2, 0.25) is 0 Å². The topological polar surface area (TPSA) is 37.3 Å². The van der Waals surface area contributed by atoms with Crippen LogP contribution in [0.4, 0.5) is 0 Å². The van der Waals surface area contributed by atoms with E-state index in [2.05, 4.69) is 25.1 Å². The molecule has 1 aliphatic rings. The number of hydrogen-bond acceptors (Lipinski definition) is 1. The van der Waals surface area contributed by atoms with Gasteiger partial charge in [-0.2, -0.15) is 0 Å². The standard InChI is InChI=1S/C19H20O2/c1-12-10-13(2)18(19(20)21)11-17(12)16-9-4-3-8-15(16)14-6-5-7-14/h3-4,8-11,14H,5-7H2,1-2H3,(H,20,21). The van der Waals surface area contributed by atoms with Crippen LogP contribution in [-0.2, 0) is 0 Å². The molecular formula is C19H20O2. The SMILES string of the molecule is Cc1cc(C)c(-c2ccccc2C2CCC2)cc1C(=O)O. The maximum Gasteiger partial charge on any atom is 0.335 e. The third kappa shape index (κ3) is 2.46. The van der Waals surface area contributed by atoms with Crippen molar-refractivity contribution < 1.29 is 9.90 Å². The summed E-state index contributed by atoms with van der Waals surface area (Å²) in [6, 6.07) is 12.3. The van der Waals surface area contributed by atoms with Crippen LogP contribution in [0.15, 0.2) is 36.4 Å². The minimum atomic E-state index is -0.852. The summed E-state index contributed by atoms with van der Waals surface area (Å²) in [6.07, 6.45) is 3.79. The predicted molar refractivity (Wildman–Crippen MR) is 84.9 cm³/mol. The lowest BCUT2D eigenvalue weighted by Crippen LogP contribution is -2.10. The first-order valence-corrected chi connectivity index (χ1v) is 7.51. The Morgan fingerprint density at radius 2 is 1.76 bits per heavy atom. The Balaban J connectivity index is 2.16. The number of carboxylic acids is 1. The molecule has 21 heavy (non-hydrogen) atoms. The summed E-state index contributed by atoms with van der Waals surface area (Å²) in [4.78, 5) is 11.4. The Hall–Kier alpha value is -2.09. The van der Waals surface area contributed by atoms with Crippen molar-refractivity contribution in [2.24, 2.45) is 0 Å². The fourth-order valence-electron chi connectivity index (χ4n) is 3.19. The van der Waals surface area contributed by atoms with Crippen molar-refractivity contribution in [1.29, 1.82) is 0 Å². The Labute approximate surface area is 125 Å². The first-order valence-electron chi connectivity index (χ1n) is 7.51. The van der Waals surface area contributed by atoms with Gasteiger partial charge in [-0.25, -0.2) is 4.79 Å². The summed E-state index contributed by atoms with van der Waals surface area (Å²) >= 11 is 0. The van der Waals surface area contributed by atoms with Crippen molar-refractivity contribution in [3.05, 3.63) is 58.7 Å². The lowest BCUT2D eigenvalue weighted by atomic mass is 9.76. The van der Waals surface area contributed by atoms with E-state index in [1.54, 1.807) is 0 Å². The molecule has 0 unspecified atom stereocenters. The van der Waals surface area contributed by atoms with E-state index in [4.69, 9.17) is 0 Å². The second-order valence-electron chi connectivity index (χ2n) is 6.00. The summed E-state index contributed by atoms with van der Waals surface area (Å²) in [6.45, 7) is 3.92. The monoisotopic (exact) mass is 280 g/mol. The molecule has 1 fully saturated rings. The summed E-state index contributed by atoms with van der Waals surface area (Å²) in [5.41, 5.74) is 5.99. The molecule has 2 aromatic rings. The van der Waals surface area contributed by atoms with Crippen LogP contribution in [0.1, 0.15) is 52.2 Å². The van der Waals surface area contributed by atoms with Crippen LogP contribution >= 0.6 is 0 Å². The highest BCUT2D eigenvalue weighted by Gasteiger charge is 2.23. The third-order valence-electron chi connectivity index (χ3n) is 4.60. The Kier molecular flexibility index (Phi) is 3.54. The molecule has 1 aliphatic carbocycles. The number of rotatable bonds is 3. The highest BCUT2D eigenvalue weighted by atomic mass is 16.4. The summed E-state index contributed by atoms with van der Waals surface area (Å²) in [5, 5.41) is 9.36. The lowest BCUT2D eigenvalue weighted by molar-refractivity contribution is 0.0696. The zero-order chi connectivity index (χ0) is 15.0. The van der Waals surface area contributed by atoms with Gasteiger partial charge in [0.1, 0.15) is 0 Å². The molecule has 0 aromatic heterocycles. The minimum absolute atomic E-state index is 0.402. The molecule has 0 amide bonds. The van der Waals surface area contributed by atoms with E-state index >= 15 is 0 Å². The number of aromatic carboxylic acids is 1. The fraction of sp³-hybridized carbons (Fsp3) is 0.316. The van der Waals surface area contributed by atoms with Crippen LogP contribution in [0.3, 0.4) is 0 Å². The number of benzene rings is 2. The largest absolute Gasteiger partial charge is 0.478 e. The highest BCUT2D eigenvalue weighted by Crippen LogP contribution is 2.42. The molecule has 2 nitrogen and oxygen atoms in total. The summed E-state index contributed by atoms with van der Waals surface area (Å²) < 4.78 is 0. The van der Waals surface area contributed by atoms with Crippen molar-refractivity contribution in [2.75, 3.05) is 0 Å². The van der Waals surface area contributed by atoms with Crippen LogP contribution < -0.4 is 0 Å². The third-order valence-corrected chi connectivity index (χ3v) is 4.60. The molecule has 0 atom stereocenters. The van der Waals surface area contributed by atoms with Gasteiger partial charge >= 0.3 is 5.97 Å². The van der Waals surface area contributed by atoms with E-state index in [1.165, 1.54) is 30.4 Å². The van der Waals surface area contributed by atoms with Crippen LogP contribution in [0.2, 0.25) is 0 Å². The number of carbonyl (C=O) groups is 1. The molecule has 0 heterocycles. The number of carboxylic acid groups (broad SMARTS) is 1. The Bertz CT molecular complexity index is 697. The summed E-state index contributed by atoms with van der Waals surface area (Å²) in [7, 11) is 0. The average Bonchev–Trinajstić information content (AvgIpc) is 2.37. The quantitative estimate of drug-likeness (QED) is 0.865. The van der Waals surface area contributed by atoms with E-state index in [-0.39, 0.29) is 0 Å². The highest BCUT2D eigenvalue weighted by molar-refractivity contribution is 5.92. The first-order chi connectivity index (χ1) is 10.1. The molecular weight excluding hydrogens is 260 g/mol. The second kappa shape index (κ2) is 5.36. The van der Waals surface area contributed by atoms with E-state index < -0.39 is 5.97 Å². The smallest absolute Gasteiger partial charge is 0.335 e. The van der Waals surface area contributed by atoms with Crippen LogP contribution in [-0.4, -0.2) is 11.1 Å². The molecule has 1 saturated carbocycles. The van der Waals surface area contributed by atoms with Crippen LogP contribution in [0.5, 0.6) is 0 Å². The molecule has 0 bridgehead atoms. The van der Waals surface area contributed by atoms with Crippen molar-refractivity contribution >= 4 is 5.97 Å². The zero-order valence-electron chi connectivity index (χ0n) is 12.5. The molecule has 0 aliphatic heterocycles. The summed E-state index contributed by atoms with van der Waals surface area (Å²) in [5.74, 6) is -0.218. The van der Waals surface area contributed by atoms with Gasteiger partial charge in [-0.05, 0) is 66.5 Å². The maximum absolute atomic E-state index is 11.4. The van der Waals surface area contributed by atoms with Crippen LogP contribution in [0, 0.1) is 13.8 Å². The Morgan fingerprint density at radius 1 is 1.05 bits per heavy atom. The average molecular weight is 280 g/mol. The van der Waals surface area contributed by atoms with Gasteiger partial charge in [0.25, 0.3) is 0 Å². The molecule has 108 valence electrons. The van der Waals surface area contributed by atoms with Gasteiger partial charge in [-0.15, -0.1) is 0 Å². The van der Waals surface area contributed by atoms with Gasteiger partial charge in [0, 0.05) is 0 Å². The molecule has 2 heteroatoms. The first kappa shape index (κ1) is 13.9. The van der Waals surface area contributed by atoms with E-state index in [9.17, 15) is 9.90 Å². The van der Waals surface area contributed by atoms with Crippen molar-refractivity contribution in [1.82, 2.24) is 0 Å². The van der Waals surface area contributed by atoms with Gasteiger partial charge < -0.3 is 5.11 Å². The second-order valence-corrected chi connectivity index (χ2v) is 6.00. The van der Waals surface area contributed by atoms with E-state index in [0.717, 1.165) is 16.7 Å². The van der Waals surface area contributed by atoms with Crippen molar-refractivity contribution in [3.8, 4) is 11.1 Å². The molecule has 0 radical (unpaired) electrons. The van der Waals surface area contributed by atoms with E-state index in [0.29, 0.717) is 11.5 Å². The zero-order valence-corrected chi connectivity index (χ0v) is 12.5. The fourth-order valence-corrected chi connectivity index (χ4v) is 3.19. The predicted octanol–water partition coefficient (Wildman–Crippen LogP) is 4.94. The maximum atomic E-state index is 11.4. The minimum Gasteiger partial charge on any atom is -0.478 e. The normalized spacial score (nSPS) is 14.8. The van der Waals surface area contributed by atoms with Gasteiger partial charge in [0.05, 0.1) is 5.56 Å². The van der Waals surface area contributed by atoms with Crippen LogP contribution in [0.25, 0.3) is 11.1 Å². The molecule has 0 spiro atoms. The van der Waals surface area contributed by atoms with Gasteiger partial charge in [0.15, 0.2) is 0 Å². The molecule has 2 aromatic carbocycles. The number of aryl methyl sites for hydroxylation is 2. The van der Waals surface area contributed by atoms with E-state index in [1.807, 2.05) is 25.1 Å². The molecule has 0 saturated heterocycles. The molecule has 1 N–H and O–H groups in total. The number of hydrogen-bond donors (Lipinski definition) is 1. The van der Waals surface area contributed by atoms with Crippen molar-refractivity contribution in [3.63, 3.8) is 0 Å². The lowest BCUT2D eigenvalue weighted by Gasteiger charge is -2.28. The molecule has 3 rings (SSSR count). The Morgan fingerprint density at radius 3 is 2.38 bits per heavy atom. The van der Waals surface area contributed by atoms with Gasteiger partial charge in [-0.3, -0.25) is 0 Å². The van der Waals surface area contributed by atoms with Gasteiger partial charge in [-0.1, -0.05) is 36.8 Å². The van der Waals surface area contributed by atoms with Crippen molar-refractivity contribution in [2.45, 2.75) is 39.0 Å².